The number of carbonyl (C=O) groups excluding carboxylic acids is 1. The molecule has 0 aromatic heterocycles. The molecule has 1 aromatic rings. The number of primary amides is 1. The molecule has 2 rings (SSSR count). The van der Waals surface area contributed by atoms with E-state index in [1.54, 1.807) is 12.1 Å². The molecule has 0 bridgehead atoms. The first-order valence-corrected chi connectivity index (χ1v) is 4.80. The minimum absolute atomic E-state index is 0.511. The molecule has 0 saturated heterocycles. The Bertz CT molecular complexity index is 328. The van der Waals surface area contributed by atoms with Crippen LogP contribution in [0.1, 0.15) is 18.4 Å². The van der Waals surface area contributed by atoms with E-state index in [1.165, 1.54) is 18.4 Å². The third-order valence-electron chi connectivity index (χ3n) is 2.36. The van der Waals surface area contributed by atoms with Gasteiger partial charge in [-0.1, -0.05) is 12.1 Å². The van der Waals surface area contributed by atoms with Crippen LogP contribution in [0.3, 0.4) is 0 Å². The molecule has 0 unspecified atom stereocenters. The minimum Gasteiger partial charge on any atom is -0.411 e. The summed E-state index contributed by atoms with van der Waals surface area (Å²) in [5, 5.41) is 0. The largest absolute Gasteiger partial charge is 0.411 e. The van der Waals surface area contributed by atoms with Gasteiger partial charge in [0.15, 0.2) is 0 Å². The Labute approximate surface area is 82.9 Å². The fraction of sp³-hybridized carbons (Fsp3) is 0.364. The van der Waals surface area contributed by atoms with Crippen LogP contribution in [-0.2, 0) is 6.42 Å². The molecule has 1 fully saturated rings. The summed E-state index contributed by atoms with van der Waals surface area (Å²) in [7, 11) is 0. The van der Waals surface area contributed by atoms with E-state index in [-0.39, 0.29) is 0 Å². The molecule has 0 aliphatic heterocycles. The van der Waals surface area contributed by atoms with Gasteiger partial charge in [0.1, 0.15) is 5.75 Å². The van der Waals surface area contributed by atoms with Gasteiger partial charge in [-0.15, -0.1) is 0 Å². The van der Waals surface area contributed by atoms with Crippen LogP contribution >= 0.6 is 0 Å². The lowest BCUT2D eigenvalue weighted by molar-refractivity contribution is 0.211. The van der Waals surface area contributed by atoms with Crippen molar-refractivity contribution in [2.75, 3.05) is 0 Å². The maximum Gasteiger partial charge on any atom is 0.409 e. The number of nitrogens with two attached hydrogens (primary N) is 1. The van der Waals surface area contributed by atoms with Crippen LogP contribution in [0.15, 0.2) is 24.3 Å². The molecule has 2 N–H and O–H groups in total. The summed E-state index contributed by atoms with van der Waals surface area (Å²) >= 11 is 0. The first kappa shape index (κ1) is 9.06. The van der Waals surface area contributed by atoms with E-state index in [9.17, 15) is 4.79 Å². The average molecular weight is 191 g/mol. The maximum absolute atomic E-state index is 10.4. The van der Waals surface area contributed by atoms with Crippen molar-refractivity contribution >= 4 is 6.09 Å². The average Bonchev–Trinajstić information content (AvgIpc) is 2.91. The molecule has 1 aromatic carbocycles. The predicted octanol–water partition coefficient (Wildman–Crippen LogP) is 2.10. The number of rotatable bonds is 3. The van der Waals surface area contributed by atoms with E-state index in [0.717, 1.165) is 12.3 Å². The summed E-state index contributed by atoms with van der Waals surface area (Å²) in [5.41, 5.74) is 6.19. The van der Waals surface area contributed by atoms with Gasteiger partial charge in [0.2, 0.25) is 0 Å². The van der Waals surface area contributed by atoms with E-state index in [2.05, 4.69) is 0 Å². The summed E-state index contributed by atoms with van der Waals surface area (Å²) < 4.78 is 4.73. The first-order chi connectivity index (χ1) is 6.74. The Balaban J connectivity index is 1.97. The Morgan fingerprint density at radius 3 is 2.50 bits per heavy atom. The van der Waals surface area contributed by atoms with E-state index in [4.69, 9.17) is 10.5 Å². The number of ether oxygens (including phenoxy) is 1. The van der Waals surface area contributed by atoms with Crippen LogP contribution < -0.4 is 10.5 Å². The van der Waals surface area contributed by atoms with Gasteiger partial charge in [0.25, 0.3) is 0 Å². The molecule has 0 radical (unpaired) electrons. The summed E-state index contributed by atoms with van der Waals surface area (Å²) in [6.07, 6.45) is 3.07. The molecular weight excluding hydrogens is 178 g/mol. The second-order valence-electron chi connectivity index (χ2n) is 3.71. The highest BCUT2D eigenvalue weighted by Crippen LogP contribution is 2.32. The molecule has 1 saturated carbocycles. The monoisotopic (exact) mass is 191 g/mol. The lowest BCUT2D eigenvalue weighted by Gasteiger charge is -2.02. The van der Waals surface area contributed by atoms with Crippen molar-refractivity contribution in [2.45, 2.75) is 19.3 Å². The number of hydrogen-bond donors (Lipinski definition) is 1. The van der Waals surface area contributed by atoms with E-state index in [1.807, 2.05) is 12.1 Å². The van der Waals surface area contributed by atoms with Crippen LogP contribution in [0, 0.1) is 5.92 Å². The molecule has 1 aliphatic rings. The quantitative estimate of drug-likeness (QED) is 0.795. The molecule has 0 atom stereocenters. The normalized spacial score (nSPS) is 15.1. The summed E-state index contributed by atoms with van der Waals surface area (Å²) in [6, 6.07) is 7.53. The van der Waals surface area contributed by atoms with Crippen molar-refractivity contribution in [3.8, 4) is 5.75 Å². The Morgan fingerprint density at radius 2 is 2.00 bits per heavy atom. The molecule has 3 heteroatoms. The van der Waals surface area contributed by atoms with E-state index < -0.39 is 6.09 Å². The number of carbonyl (C=O) groups is 1. The zero-order valence-corrected chi connectivity index (χ0v) is 7.90. The highest BCUT2D eigenvalue weighted by molar-refractivity contribution is 5.67. The van der Waals surface area contributed by atoms with Crippen LogP contribution in [0.4, 0.5) is 4.79 Å². The highest BCUT2D eigenvalue weighted by atomic mass is 16.5. The van der Waals surface area contributed by atoms with Crippen molar-refractivity contribution in [2.24, 2.45) is 11.7 Å². The van der Waals surface area contributed by atoms with Gasteiger partial charge in [-0.25, -0.2) is 4.79 Å². The molecular formula is C11H13NO2. The van der Waals surface area contributed by atoms with Gasteiger partial charge in [-0.2, -0.15) is 0 Å². The molecule has 1 aliphatic carbocycles. The number of amides is 1. The Morgan fingerprint density at radius 1 is 1.36 bits per heavy atom. The van der Waals surface area contributed by atoms with Crippen molar-refractivity contribution in [1.29, 1.82) is 0 Å². The van der Waals surface area contributed by atoms with Crippen LogP contribution in [0.5, 0.6) is 5.75 Å². The van der Waals surface area contributed by atoms with Crippen molar-refractivity contribution in [1.82, 2.24) is 0 Å². The Kier molecular flexibility index (Phi) is 2.39. The smallest absolute Gasteiger partial charge is 0.409 e. The molecule has 0 spiro atoms. The van der Waals surface area contributed by atoms with Gasteiger partial charge in [0.05, 0.1) is 0 Å². The van der Waals surface area contributed by atoms with Crippen molar-refractivity contribution in [3.63, 3.8) is 0 Å². The second kappa shape index (κ2) is 3.70. The predicted molar refractivity (Wildman–Crippen MR) is 53.1 cm³/mol. The summed E-state index contributed by atoms with van der Waals surface area (Å²) in [6.45, 7) is 0. The van der Waals surface area contributed by atoms with Gasteiger partial charge in [-0.05, 0) is 42.9 Å². The molecule has 74 valence electrons. The third-order valence-corrected chi connectivity index (χ3v) is 2.36. The lowest BCUT2D eigenvalue weighted by Crippen LogP contribution is -2.16. The maximum atomic E-state index is 10.4. The van der Waals surface area contributed by atoms with Crippen molar-refractivity contribution < 1.29 is 9.53 Å². The third kappa shape index (κ3) is 2.49. The standard InChI is InChI=1S/C11H13NO2/c12-11(13)14-10-5-3-9(4-6-10)7-8-1-2-8/h3-6,8H,1-2,7H2,(H2,12,13). The summed E-state index contributed by atoms with van der Waals surface area (Å²) in [5.74, 6) is 1.38. The zero-order chi connectivity index (χ0) is 9.97. The topological polar surface area (TPSA) is 52.3 Å². The van der Waals surface area contributed by atoms with Crippen LogP contribution in [0.2, 0.25) is 0 Å². The van der Waals surface area contributed by atoms with Crippen molar-refractivity contribution in [3.05, 3.63) is 29.8 Å². The minimum atomic E-state index is -0.764. The second-order valence-corrected chi connectivity index (χ2v) is 3.71. The number of benzene rings is 1. The van der Waals surface area contributed by atoms with Gasteiger partial charge in [-0.3, -0.25) is 0 Å². The first-order valence-electron chi connectivity index (χ1n) is 4.80. The van der Waals surface area contributed by atoms with Crippen LogP contribution in [-0.4, -0.2) is 6.09 Å². The Hall–Kier alpha value is -1.51. The van der Waals surface area contributed by atoms with E-state index in [0.29, 0.717) is 5.75 Å². The summed E-state index contributed by atoms with van der Waals surface area (Å²) in [4.78, 5) is 10.4. The molecule has 1 amide bonds. The number of hydrogen-bond acceptors (Lipinski definition) is 2. The fourth-order valence-corrected chi connectivity index (χ4v) is 1.47. The molecule has 14 heavy (non-hydrogen) atoms. The van der Waals surface area contributed by atoms with Gasteiger partial charge in [0, 0.05) is 0 Å². The SMILES string of the molecule is NC(=O)Oc1ccc(CC2CC2)cc1. The highest BCUT2D eigenvalue weighted by Gasteiger charge is 2.21. The van der Waals surface area contributed by atoms with Gasteiger partial charge < -0.3 is 10.5 Å². The van der Waals surface area contributed by atoms with Gasteiger partial charge >= 0.3 is 6.09 Å². The molecule has 0 heterocycles. The fourth-order valence-electron chi connectivity index (χ4n) is 1.47. The lowest BCUT2D eigenvalue weighted by atomic mass is 10.1. The van der Waals surface area contributed by atoms with Crippen LogP contribution in [0.25, 0.3) is 0 Å². The zero-order valence-electron chi connectivity index (χ0n) is 7.90. The van der Waals surface area contributed by atoms with E-state index >= 15 is 0 Å². The molecule has 3 nitrogen and oxygen atoms in total.